The molecule has 0 aliphatic heterocycles. The molecule has 5 nitrogen and oxygen atoms in total. The van der Waals surface area contributed by atoms with Gasteiger partial charge in [0.25, 0.3) is 5.91 Å². The van der Waals surface area contributed by atoms with E-state index in [9.17, 15) is 9.00 Å². The third-order valence-corrected chi connectivity index (χ3v) is 5.55. The lowest BCUT2D eigenvalue weighted by atomic mass is 10.0. The van der Waals surface area contributed by atoms with Gasteiger partial charge in [-0.25, -0.2) is 8.93 Å². The van der Waals surface area contributed by atoms with Gasteiger partial charge in [-0.05, 0) is 73.9 Å². The minimum Gasteiger partial charge on any atom is -0.321 e. The van der Waals surface area contributed by atoms with Crippen molar-refractivity contribution in [2.45, 2.75) is 32.2 Å². The predicted octanol–water partition coefficient (Wildman–Crippen LogP) is 4.07. The molecular formula is C22H23N3O2S. The van der Waals surface area contributed by atoms with E-state index in [1.807, 2.05) is 0 Å². The van der Waals surface area contributed by atoms with Crippen molar-refractivity contribution >= 4 is 22.6 Å². The molecule has 0 bridgehead atoms. The fourth-order valence-corrected chi connectivity index (χ4v) is 3.89. The Morgan fingerprint density at radius 1 is 1.00 bits per heavy atom. The standard InChI is InChI=1S/C22H23N3O2S/c1-15-12-16(2)20(17(3)13-15)14-24-28(27)19-9-7-18(8-10-19)25-22(26)21-6-4-5-11-23-21/h4-13,24H,14H2,1-3H3,(H,25,26). The highest BCUT2D eigenvalue weighted by molar-refractivity contribution is 7.83. The van der Waals surface area contributed by atoms with Gasteiger partial charge in [-0.3, -0.25) is 9.78 Å². The van der Waals surface area contributed by atoms with Gasteiger partial charge >= 0.3 is 0 Å². The van der Waals surface area contributed by atoms with Crippen LogP contribution < -0.4 is 10.0 Å². The SMILES string of the molecule is Cc1cc(C)c(CNS(=O)c2ccc(NC(=O)c3ccccn3)cc2)c(C)c1. The number of amides is 1. The van der Waals surface area contributed by atoms with Gasteiger partial charge in [0.1, 0.15) is 16.7 Å². The number of anilines is 1. The molecule has 3 aromatic rings. The minimum atomic E-state index is -1.34. The molecule has 1 unspecified atom stereocenters. The molecule has 0 saturated heterocycles. The molecule has 0 aliphatic carbocycles. The number of hydrogen-bond donors (Lipinski definition) is 2. The molecule has 1 aromatic heterocycles. The third kappa shape index (κ3) is 4.91. The molecule has 1 heterocycles. The summed E-state index contributed by atoms with van der Waals surface area (Å²) in [7, 11) is -1.34. The number of nitrogens with zero attached hydrogens (tertiary/aromatic N) is 1. The molecule has 0 radical (unpaired) electrons. The molecule has 3 rings (SSSR count). The van der Waals surface area contributed by atoms with Crippen molar-refractivity contribution in [2.24, 2.45) is 0 Å². The summed E-state index contributed by atoms with van der Waals surface area (Å²) in [6.07, 6.45) is 1.57. The Hall–Kier alpha value is -2.83. The summed E-state index contributed by atoms with van der Waals surface area (Å²) in [6.45, 7) is 6.74. The quantitative estimate of drug-likeness (QED) is 0.663. The van der Waals surface area contributed by atoms with Crippen molar-refractivity contribution in [3.8, 4) is 0 Å². The number of aryl methyl sites for hydroxylation is 3. The molecule has 144 valence electrons. The number of carbonyl (C=O) groups is 1. The Kier molecular flexibility index (Phi) is 6.34. The normalized spacial score (nSPS) is 11.8. The van der Waals surface area contributed by atoms with Crippen LogP contribution in [0.5, 0.6) is 0 Å². The van der Waals surface area contributed by atoms with Crippen LogP contribution in [0, 0.1) is 20.8 Å². The van der Waals surface area contributed by atoms with Crippen molar-refractivity contribution in [3.63, 3.8) is 0 Å². The first kappa shape index (κ1) is 19.9. The lowest BCUT2D eigenvalue weighted by molar-refractivity contribution is 0.102. The summed E-state index contributed by atoms with van der Waals surface area (Å²) in [5.41, 5.74) is 5.74. The largest absolute Gasteiger partial charge is 0.321 e. The lowest BCUT2D eigenvalue weighted by Crippen LogP contribution is -2.18. The summed E-state index contributed by atoms with van der Waals surface area (Å²) in [5, 5.41) is 2.78. The summed E-state index contributed by atoms with van der Waals surface area (Å²) in [4.78, 5) is 16.8. The van der Waals surface area contributed by atoms with E-state index in [2.05, 4.69) is 47.9 Å². The fraction of sp³-hybridized carbons (Fsp3) is 0.182. The number of aromatic nitrogens is 1. The van der Waals surface area contributed by atoms with Gasteiger partial charge < -0.3 is 5.32 Å². The highest BCUT2D eigenvalue weighted by Crippen LogP contribution is 2.17. The Bertz CT molecular complexity index is 979. The number of rotatable bonds is 6. The average Bonchev–Trinajstić information content (AvgIpc) is 2.68. The van der Waals surface area contributed by atoms with Crippen molar-refractivity contribution in [1.29, 1.82) is 0 Å². The number of pyridine rings is 1. The first-order valence-corrected chi connectivity index (χ1v) is 10.1. The van der Waals surface area contributed by atoms with Crippen molar-refractivity contribution in [2.75, 3.05) is 5.32 Å². The lowest BCUT2D eigenvalue weighted by Gasteiger charge is -2.12. The zero-order valence-electron chi connectivity index (χ0n) is 16.2. The van der Waals surface area contributed by atoms with E-state index in [4.69, 9.17) is 0 Å². The Morgan fingerprint density at radius 3 is 2.29 bits per heavy atom. The number of hydrogen-bond acceptors (Lipinski definition) is 3. The van der Waals surface area contributed by atoms with E-state index in [0.29, 0.717) is 22.8 Å². The molecule has 1 amide bonds. The topological polar surface area (TPSA) is 71.1 Å². The summed E-state index contributed by atoms with van der Waals surface area (Å²) in [6, 6.07) is 16.4. The monoisotopic (exact) mass is 393 g/mol. The maximum Gasteiger partial charge on any atom is 0.274 e. The molecule has 2 aromatic carbocycles. The molecule has 0 spiro atoms. The third-order valence-electron chi connectivity index (χ3n) is 4.44. The van der Waals surface area contributed by atoms with Gasteiger partial charge in [-0.1, -0.05) is 23.8 Å². The fourth-order valence-electron chi connectivity index (χ4n) is 3.06. The smallest absolute Gasteiger partial charge is 0.274 e. The predicted molar refractivity (Wildman–Crippen MR) is 113 cm³/mol. The van der Waals surface area contributed by atoms with Crippen molar-refractivity contribution in [3.05, 3.63) is 88.7 Å². The second-order valence-electron chi connectivity index (χ2n) is 6.66. The van der Waals surface area contributed by atoms with Crippen LogP contribution in [0.4, 0.5) is 5.69 Å². The van der Waals surface area contributed by atoms with E-state index < -0.39 is 11.0 Å². The number of carbonyl (C=O) groups excluding carboxylic acids is 1. The van der Waals surface area contributed by atoms with Crippen LogP contribution in [0.3, 0.4) is 0 Å². The maximum atomic E-state index is 12.6. The van der Waals surface area contributed by atoms with Crippen molar-refractivity contribution < 1.29 is 9.00 Å². The van der Waals surface area contributed by atoms with Gasteiger partial charge in [0, 0.05) is 18.4 Å². The van der Waals surface area contributed by atoms with Crippen LogP contribution in [0.2, 0.25) is 0 Å². The second kappa shape index (κ2) is 8.91. The van der Waals surface area contributed by atoms with Crippen LogP contribution >= 0.6 is 0 Å². The zero-order valence-corrected chi connectivity index (χ0v) is 17.0. The minimum absolute atomic E-state index is 0.280. The first-order chi connectivity index (χ1) is 13.4. The van der Waals surface area contributed by atoms with Gasteiger partial charge in [-0.2, -0.15) is 0 Å². The van der Waals surface area contributed by atoms with Crippen LogP contribution in [0.25, 0.3) is 0 Å². The molecule has 6 heteroatoms. The van der Waals surface area contributed by atoms with Gasteiger partial charge in [0.2, 0.25) is 0 Å². The Balaban J connectivity index is 1.62. The highest BCUT2D eigenvalue weighted by Gasteiger charge is 2.10. The first-order valence-electron chi connectivity index (χ1n) is 8.98. The summed E-state index contributed by atoms with van der Waals surface area (Å²) < 4.78 is 15.6. The summed E-state index contributed by atoms with van der Waals surface area (Å²) >= 11 is 0. The van der Waals surface area contributed by atoms with Gasteiger partial charge in [0.05, 0.1) is 4.90 Å². The molecule has 0 saturated carbocycles. The molecule has 28 heavy (non-hydrogen) atoms. The van der Waals surface area contributed by atoms with Crippen LogP contribution in [0.1, 0.15) is 32.7 Å². The maximum absolute atomic E-state index is 12.6. The second-order valence-corrected chi connectivity index (χ2v) is 7.96. The Morgan fingerprint density at radius 2 is 1.68 bits per heavy atom. The van der Waals surface area contributed by atoms with Gasteiger partial charge in [-0.15, -0.1) is 0 Å². The number of nitrogens with one attached hydrogen (secondary N) is 2. The highest BCUT2D eigenvalue weighted by atomic mass is 32.2. The van der Waals surface area contributed by atoms with E-state index >= 15 is 0 Å². The molecular weight excluding hydrogens is 370 g/mol. The van der Waals surface area contributed by atoms with Gasteiger partial charge in [0.15, 0.2) is 0 Å². The zero-order chi connectivity index (χ0) is 20.1. The molecule has 1 atom stereocenters. The van der Waals surface area contributed by atoms with Crippen molar-refractivity contribution in [1.82, 2.24) is 9.71 Å². The number of benzene rings is 2. The average molecular weight is 394 g/mol. The molecule has 0 aliphatic rings. The van der Waals surface area contributed by atoms with Crippen LogP contribution in [-0.2, 0) is 17.5 Å². The summed E-state index contributed by atoms with van der Waals surface area (Å²) in [5.74, 6) is -0.280. The van der Waals surface area contributed by atoms with E-state index in [1.165, 1.54) is 16.7 Å². The van der Waals surface area contributed by atoms with E-state index in [1.54, 1.807) is 48.7 Å². The van der Waals surface area contributed by atoms with Crippen LogP contribution in [-0.4, -0.2) is 15.1 Å². The van der Waals surface area contributed by atoms with E-state index in [-0.39, 0.29) is 5.91 Å². The molecule has 0 fully saturated rings. The van der Waals surface area contributed by atoms with Crippen LogP contribution in [0.15, 0.2) is 65.7 Å². The molecule has 2 N–H and O–H groups in total. The van der Waals surface area contributed by atoms with E-state index in [0.717, 1.165) is 5.56 Å². The Labute approximate surface area is 167 Å².